The number of ether oxygens (including phenoxy) is 2. The lowest BCUT2D eigenvalue weighted by Gasteiger charge is -2.30. The van der Waals surface area contributed by atoms with E-state index in [9.17, 15) is 5.26 Å². The molecule has 0 bridgehead atoms. The topological polar surface area (TPSA) is 54.3 Å². The number of nitrogens with one attached hydrogen (secondary N) is 1. The highest BCUT2D eigenvalue weighted by molar-refractivity contribution is 5.13. The van der Waals surface area contributed by atoms with Crippen LogP contribution in [0, 0.1) is 17.2 Å². The van der Waals surface area contributed by atoms with E-state index >= 15 is 0 Å². The van der Waals surface area contributed by atoms with Gasteiger partial charge in [0.15, 0.2) is 0 Å². The molecule has 0 aromatic heterocycles. The Kier molecular flexibility index (Phi) is 7.65. The van der Waals surface area contributed by atoms with E-state index in [1.807, 2.05) is 20.8 Å². The van der Waals surface area contributed by atoms with Crippen LogP contribution in [0.5, 0.6) is 0 Å². The van der Waals surface area contributed by atoms with Crippen molar-refractivity contribution in [2.24, 2.45) is 5.92 Å². The third-order valence-electron chi connectivity index (χ3n) is 4.08. The average Bonchev–Trinajstić information content (AvgIpc) is 2.83. The zero-order valence-electron chi connectivity index (χ0n) is 14.2. The fourth-order valence-electron chi connectivity index (χ4n) is 2.97. The zero-order chi connectivity index (χ0) is 15.8. The van der Waals surface area contributed by atoms with Crippen molar-refractivity contribution in [1.29, 1.82) is 5.26 Å². The van der Waals surface area contributed by atoms with Crippen LogP contribution in [0.2, 0.25) is 0 Å². The molecule has 1 aliphatic carbocycles. The Hall–Kier alpha value is -0.630. The van der Waals surface area contributed by atoms with Gasteiger partial charge in [0.1, 0.15) is 5.54 Å². The highest BCUT2D eigenvalue weighted by Crippen LogP contribution is 2.37. The van der Waals surface area contributed by atoms with Gasteiger partial charge in [0, 0.05) is 6.61 Å². The number of nitriles is 1. The molecule has 1 aliphatic rings. The largest absolute Gasteiger partial charge is 0.379 e. The second-order valence-corrected chi connectivity index (χ2v) is 6.96. The Morgan fingerprint density at radius 2 is 2.05 bits per heavy atom. The van der Waals surface area contributed by atoms with Gasteiger partial charge in [-0.25, -0.2) is 0 Å². The molecule has 0 saturated heterocycles. The molecule has 4 heteroatoms. The number of nitrogens with zero attached hydrogens (tertiary/aromatic N) is 1. The Labute approximate surface area is 130 Å². The van der Waals surface area contributed by atoms with Crippen LogP contribution in [-0.4, -0.2) is 37.5 Å². The molecule has 0 aromatic carbocycles. The van der Waals surface area contributed by atoms with Gasteiger partial charge in [0.25, 0.3) is 0 Å². The van der Waals surface area contributed by atoms with Crippen molar-refractivity contribution in [3.05, 3.63) is 0 Å². The second kappa shape index (κ2) is 8.73. The number of hydrogen-bond donors (Lipinski definition) is 1. The molecule has 0 radical (unpaired) electrons. The predicted molar refractivity (Wildman–Crippen MR) is 85.1 cm³/mol. The van der Waals surface area contributed by atoms with Crippen LogP contribution in [0.1, 0.15) is 59.8 Å². The lowest BCUT2D eigenvalue weighted by molar-refractivity contribution is -0.0366. The van der Waals surface area contributed by atoms with Crippen molar-refractivity contribution in [2.45, 2.75) is 70.9 Å². The molecular weight excluding hydrogens is 264 g/mol. The van der Waals surface area contributed by atoms with Gasteiger partial charge < -0.3 is 9.47 Å². The first-order chi connectivity index (χ1) is 9.93. The highest BCUT2D eigenvalue weighted by Gasteiger charge is 2.42. The first kappa shape index (κ1) is 18.4. The van der Waals surface area contributed by atoms with Crippen molar-refractivity contribution >= 4 is 0 Å². The van der Waals surface area contributed by atoms with Crippen molar-refractivity contribution in [2.75, 3.05) is 26.4 Å². The lowest BCUT2D eigenvalue weighted by atomic mass is 9.86. The van der Waals surface area contributed by atoms with E-state index < -0.39 is 0 Å². The smallest absolute Gasteiger partial charge is 0.109 e. The molecule has 1 saturated carbocycles. The van der Waals surface area contributed by atoms with Crippen LogP contribution in [0.4, 0.5) is 0 Å². The SMILES string of the molecule is CCCNC1(C#N)CCCC1CCOCCOC(C)(C)C. The Bertz CT molecular complexity index is 333. The number of rotatable bonds is 9. The molecule has 4 nitrogen and oxygen atoms in total. The maximum absolute atomic E-state index is 9.57. The summed E-state index contributed by atoms with van der Waals surface area (Å²) in [6, 6.07) is 2.54. The monoisotopic (exact) mass is 296 g/mol. The second-order valence-electron chi connectivity index (χ2n) is 6.96. The first-order valence-corrected chi connectivity index (χ1v) is 8.31. The van der Waals surface area contributed by atoms with Gasteiger partial charge in [-0.3, -0.25) is 5.32 Å². The molecule has 0 heterocycles. The van der Waals surface area contributed by atoms with E-state index in [1.54, 1.807) is 0 Å². The van der Waals surface area contributed by atoms with E-state index in [1.165, 1.54) is 0 Å². The molecule has 0 amide bonds. The molecule has 2 unspecified atom stereocenters. The van der Waals surface area contributed by atoms with Crippen LogP contribution in [0.25, 0.3) is 0 Å². The van der Waals surface area contributed by atoms with Gasteiger partial charge in [-0.05, 0) is 58.9 Å². The van der Waals surface area contributed by atoms with E-state index in [2.05, 4.69) is 18.3 Å². The quantitative estimate of drug-likeness (QED) is 0.663. The molecule has 0 aliphatic heterocycles. The first-order valence-electron chi connectivity index (χ1n) is 8.31. The zero-order valence-corrected chi connectivity index (χ0v) is 14.2. The summed E-state index contributed by atoms with van der Waals surface area (Å²) in [5.74, 6) is 0.414. The normalized spacial score (nSPS) is 26.0. The van der Waals surface area contributed by atoms with E-state index in [-0.39, 0.29) is 11.1 Å². The van der Waals surface area contributed by atoms with Gasteiger partial charge in [-0.15, -0.1) is 0 Å². The van der Waals surface area contributed by atoms with Gasteiger partial charge in [-0.1, -0.05) is 13.3 Å². The van der Waals surface area contributed by atoms with Gasteiger partial charge >= 0.3 is 0 Å². The number of hydrogen-bond acceptors (Lipinski definition) is 4. The fourth-order valence-corrected chi connectivity index (χ4v) is 2.97. The van der Waals surface area contributed by atoms with Crippen LogP contribution in [0.15, 0.2) is 0 Å². The molecule has 21 heavy (non-hydrogen) atoms. The minimum Gasteiger partial charge on any atom is -0.379 e. The maximum Gasteiger partial charge on any atom is 0.109 e. The summed E-state index contributed by atoms with van der Waals surface area (Å²) in [7, 11) is 0. The summed E-state index contributed by atoms with van der Waals surface area (Å²) in [6.45, 7) is 11.2. The van der Waals surface area contributed by atoms with Crippen LogP contribution in [-0.2, 0) is 9.47 Å². The standard InChI is InChI=1S/C17H32N2O2/c1-5-10-19-17(14-18)9-6-7-15(17)8-11-20-12-13-21-16(2,3)4/h15,19H,5-13H2,1-4H3. The molecule has 1 fully saturated rings. The Morgan fingerprint density at radius 1 is 1.29 bits per heavy atom. The summed E-state index contributed by atoms with van der Waals surface area (Å²) >= 11 is 0. The average molecular weight is 296 g/mol. The van der Waals surface area contributed by atoms with Gasteiger partial charge in [0.2, 0.25) is 0 Å². The highest BCUT2D eigenvalue weighted by atomic mass is 16.5. The van der Waals surface area contributed by atoms with Crippen LogP contribution in [0.3, 0.4) is 0 Å². The summed E-state index contributed by atoms with van der Waals surface area (Å²) in [5, 5.41) is 13.0. The molecule has 1 rings (SSSR count). The summed E-state index contributed by atoms with van der Waals surface area (Å²) in [5.41, 5.74) is -0.421. The van der Waals surface area contributed by atoms with E-state index in [0.717, 1.165) is 45.3 Å². The molecule has 122 valence electrons. The van der Waals surface area contributed by atoms with Gasteiger partial charge in [-0.2, -0.15) is 5.26 Å². The van der Waals surface area contributed by atoms with Crippen molar-refractivity contribution in [3.63, 3.8) is 0 Å². The molecule has 1 N–H and O–H groups in total. The lowest BCUT2D eigenvalue weighted by Crippen LogP contribution is -2.47. The van der Waals surface area contributed by atoms with Crippen LogP contribution < -0.4 is 5.32 Å². The Balaban J connectivity index is 2.25. The van der Waals surface area contributed by atoms with Crippen LogP contribution >= 0.6 is 0 Å². The molecule has 0 spiro atoms. The third kappa shape index (κ3) is 6.34. The van der Waals surface area contributed by atoms with Crippen molar-refractivity contribution in [3.8, 4) is 6.07 Å². The van der Waals surface area contributed by atoms with Crippen molar-refractivity contribution in [1.82, 2.24) is 5.32 Å². The molecular formula is C17H32N2O2. The van der Waals surface area contributed by atoms with Gasteiger partial charge in [0.05, 0.1) is 24.9 Å². The molecule has 0 aromatic rings. The van der Waals surface area contributed by atoms with Crippen molar-refractivity contribution < 1.29 is 9.47 Å². The van der Waals surface area contributed by atoms with E-state index in [4.69, 9.17) is 9.47 Å². The Morgan fingerprint density at radius 3 is 2.67 bits per heavy atom. The fraction of sp³-hybridized carbons (Fsp3) is 0.941. The summed E-state index contributed by atoms with van der Waals surface area (Å²) in [4.78, 5) is 0. The predicted octanol–water partition coefficient (Wildman–Crippen LogP) is 3.27. The third-order valence-corrected chi connectivity index (χ3v) is 4.08. The molecule has 2 atom stereocenters. The summed E-state index contributed by atoms with van der Waals surface area (Å²) in [6.07, 6.45) is 5.27. The summed E-state index contributed by atoms with van der Waals surface area (Å²) < 4.78 is 11.3. The van der Waals surface area contributed by atoms with E-state index in [0.29, 0.717) is 19.1 Å². The minimum absolute atomic E-state index is 0.102. The minimum atomic E-state index is -0.318. The maximum atomic E-state index is 9.57.